The Balaban J connectivity index is 1.65. The first-order valence-electron chi connectivity index (χ1n) is 8.23. The minimum Gasteiger partial charge on any atom is -0.492 e. The van der Waals surface area contributed by atoms with Crippen molar-refractivity contribution in [3.63, 3.8) is 0 Å². The van der Waals surface area contributed by atoms with Crippen molar-refractivity contribution in [3.8, 4) is 5.75 Å². The molecule has 2 heterocycles. The summed E-state index contributed by atoms with van der Waals surface area (Å²) in [5.74, 6) is 1.06. The monoisotopic (exact) mass is 340 g/mol. The molecule has 2 saturated carbocycles. The molecule has 0 aliphatic heterocycles. The van der Waals surface area contributed by atoms with Gasteiger partial charge in [0.1, 0.15) is 12.4 Å². The number of nitrogens with two attached hydrogens (primary N) is 1. The molecule has 2 fully saturated rings. The van der Waals surface area contributed by atoms with Crippen molar-refractivity contribution >= 4 is 11.6 Å². The summed E-state index contributed by atoms with van der Waals surface area (Å²) < 4.78 is 47.9. The summed E-state index contributed by atoms with van der Waals surface area (Å²) in [7, 11) is 0. The van der Waals surface area contributed by atoms with Crippen molar-refractivity contribution < 1.29 is 17.9 Å². The van der Waals surface area contributed by atoms with E-state index in [9.17, 15) is 13.2 Å². The molecule has 8 heteroatoms. The third kappa shape index (κ3) is 2.48. The van der Waals surface area contributed by atoms with Gasteiger partial charge in [-0.25, -0.2) is 0 Å². The van der Waals surface area contributed by atoms with E-state index in [1.165, 1.54) is 0 Å². The van der Waals surface area contributed by atoms with Crippen molar-refractivity contribution in [2.24, 2.45) is 5.41 Å². The van der Waals surface area contributed by atoms with Gasteiger partial charge in [-0.05, 0) is 31.6 Å². The molecule has 0 unspecified atom stereocenters. The molecule has 0 atom stereocenters. The van der Waals surface area contributed by atoms with Crippen LogP contribution in [0.1, 0.15) is 50.0 Å². The Morgan fingerprint density at radius 1 is 1.25 bits per heavy atom. The van der Waals surface area contributed by atoms with Gasteiger partial charge < -0.3 is 10.5 Å². The van der Waals surface area contributed by atoms with E-state index in [4.69, 9.17) is 10.5 Å². The van der Waals surface area contributed by atoms with Crippen molar-refractivity contribution in [3.05, 3.63) is 17.8 Å². The first-order chi connectivity index (χ1) is 11.4. The largest absolute Gasteiger partial charge is 0.492 e. The summed E-state index contributed by atoms with van der Waals surface area (Å²) in [6.45, 7) is -0.337. The Morgan fingerprint density at radius 3 is 2.58 bits per heavy atom. The first-order valence-corrected chi connectivity index (χ1v) is 8.23. The van der Waals surface area contributed by atoms with E-state index >= 15 is 0 Å². The summed E-state index contributed by atoms with van der Waals surface area (Å²) in [6.07, 6.45) is 1.03. The van der Waals surface area contributed by atoms with Crippen molar-refractivity contribution in [2.45, 2.75) is 50.6 Å². The number of ether oxygens (including phenoxy) is 1. The highest BCUT2D eigenvalue weighted by Gasteiger charge is 2.56. The van der Waals surface area contributed by atoms with E-state index < -0.39 is 11.6 Å². The summed E-state index contributed by atoms with van der Waals surface area (Å²) in [4.78, 5) is 0. The fraction of sp³-hybridized carbons (Fsp3) is 0.625. The number of halogens is 3. The number of fused-ring (bicyclic) bond motifs is 1. The summed E-state index contributed by atoms with van der Waals surface area (Å²) in [5.41, 5.74) is 5.42. The molecule has 0 radical (unpaired) electrons. The highest BCUT2D eigenvalue weighted by atomic mass is 19.4. The van der Waals surface area contributed by atoms with Gasteiger partial charge in [0.2, 0.25) is 5.95 Å². The Labute approximate surface area is 137 Å². The zero-order chi connectivity index (χ0) is 16.9. The second-order valence-electron chi connectivity index (χ2n) is 6.93. The van der Waals surface area contributed by atoms with Crippen molar-refractivity contribution in [1.82, 2.24) is 14.6 Å². The van der Waals surface area contributed by atoms with Crippen LogP contribution < -0.4 is 10.5 Å². The molecule has 0 bridgehead atoms. The van der Waals surface area contributed by atoms with E-state index in [0.717, 1.165) is 18.4 Å². The molecule has 0 amide bonds. The Bertz CT molecular complexity index is 761. The van der Waals surface area contributed by atoms with Gasteiger partial charge in [-0.2, -0.15) is 13.2 Å². The second kappa shape index (κ2) is 5.26. The molecular formula is C16H19F3N4O. The number of nitrogen functional groups attached to an aromatic ring is 1. The highest BCUT2D eigenvalue weighted by molar-refractivity contribution is 5.53. The Hall–Kier alpha value is -1.99. The topological polar surface area (TPSA) is 65.4 Å². The van der Waals surface area contributed by atoms with E-state index in [2.05, 4.69) is 10.2 Å². The molecule has 130 valence electrons. The van der Waals surface area contributed by atoms with Gasteiger partial charge >= 0.3 is 6.18 Å². The van der Waals surface area contributed by atoms with Crippen LogP contribution in [0.15, 0.2) is 12.3 Å². The van der Waals surface area contributed by atoms with Crippen molar-refractivity contribution in [1.29, 1.82) is 0 Å². The number of alkyl halides is 3. The number of nitrogens with zero attached hydrogens (tertiary/aromatic N) is 3. The SMILES string of the molecule is Nc1nnc2cc(OCC3(C(F)(F)F)CCCC3)c(C3CC3)cn12. The summed E-state index contributed by atoms with van der Waals surface area (Å²) >= 11 is 0. The molecule has 2 aliphatic carbocycles. The van der Waals surface area contributed by atoms with Crippen molar-refractivity contribution in [2.75, 3.05) is 12.3 Å². The molecular weight excluding hydrogens is 321 g/mol. The molecule has 0 spiro atoms. The van der Waals surface area contributed by atoms with Gasteiger partial charge in [0, 0.05) is 17.8 Å². The Kier molecular flexibility index (Phi) is 3.40. The summed E-state index contributed by atoms with van der Waals surface area (Å²) in [6, 6.07) is 1.65. The maximum absolute atomic E-state index is 13.5. The molecule has 4 rings (SSSR count). The van der Waals surface area contributed by atoms with Crippen LogP contribution in [0.2, 0.25) is 0 Å². The lowest BCUT2D eigenvalue weighted by atomic mass is 9.86. The maximum atomic E-state index is 13.5. The van der Waals surface area contributed by atoms with Crippen LogP contribution in [-0.4, -0.2) is 27.4 Å². The molecule has 0 saturated heterocycles. The van der Waals surface area contributed by atoms with Crippen LogP contribution in [0.4, 0.5) is 19.1 Å². The predicted molar refractivity (Wildman–Crippen MR) is 81.8 cm³/mol. The first kappa shape index (κ1) is 15.5. The standard InChI is InChI=1S/C16H19F3N4O/c17-16(18,19)15(5-1-2-6-15)9-24-12-7-13-21-22-14(20)23(13)8-11(12)10-3-4-10/h7-8,10H,1-6,9H2,(H2,20,22). The molecule has 2 N–H and O–H groups in total. The number of aromatic nitrogens is 3. The van der Waals surface area contributed by atoms with Crippen LogP contribution in [0.25, 0.3) is 5.65 Å². The third-order valence-corrected chi connectivity index (χ3v) is 5.24. The number of anilines is 1. The molecule has 0 aromatic carbocycles. The lowest BCUT2D eigenvalue weighted by Gasteiger charge is -2.31. The third-order valence-electron chi connectivity index (χ3n) is 5.24. The van der Waals surface area contributed by atoms with Gasteiger partial charge in [-0.3, -0.25) is 4.40 Å². The van der Waals surface area contributed by atoms with Crippen LogP contribution >= 0.6 is 0 Å². The van der Waals surface area contributed by atoms with Gasteiger partial charge in [-0.15, -0.1) is 10.2 Å². The van der Waals surface area contributed by atoms with Crippen LogP contribution in [-0.2, 0) is 0 Å². The molecule has 24 heavy (non-hydrogen) atoms. The predicted octanol–water partition coefficient (Wildman–Crippen LogP) is 3.69. The highest BCUT2D eigenvalue weighted by Crippen LogP contribution is 2.51. The quantitative estimate of drug-likeness (QED) is 0.922. The van der Waals surface area contributed by atoms with E-state index in [-0.39, 0.29) is 25.4 Å². The summed E-state index contributed by atoms with van der Waals surface area (Å²) in [5, 5.41) is 7.73. The Morgan fingerprint density at radius 2 is 1.96 bits per heavy atom. The van der Waals surface area contributed by atoms with Gasteiger partial charge in [0.05, 0.1) is 5.41 Å². The molecule has 5 nitrogen and oxygen atoms in total. The lowest BCUT2D eigenvalue weighted by Crippen LogP contribution is -2.40. The number of hydrogen-bond acceptors (Lipinski definition) is 4. The van der Waals surface area contributed by atoms with Gasteiger partial charge in [0.15, 0.2) is 5.65 Å². The van der Waals surface area contributed by atoms with Gasteiger partial charge in [0.25, 0.3) is 0 Å². The van der Waals surface area contributed by atoms with E-state index in [1.807, 2.05) is 0 Å². The molecule has 2 aromatic rings. The molecule has 2 aliphatic rings. The fourth-order valence-corrected chi connectivity index (χ4v) is 3.55. The zero-order valence-corrected chi connectivity index (χ0v) is 13.1. The van der Waals surface area contributed by atoms with Crippen LogP contribution in [0.5, 0.6) is 5.75 Å². The number of rotatable bonds is 4. The smallest absolute Gasteiger partial charge is 0.397 e. The minimum absolute atomic E-state index is 0.134. The lowest BCUT2D eigenvalue weighted by molar-refractivity contribution is -0.230. The van der Waals surface area contributed by atoms with E-state index in [1.54, 1.807) is 16.7 Å². The minimum atomic E-state index is -4.24. The zero-order valence-electron chi connectivity index (χ0n) is 13.1. The second-order valence-corrected chi connectivity index (χ2v) is 6.93. The number of hydrogen-bond donors (Lipinski definition) is 1. The average molecular weight is 340 g/mol. The van der Waals surface area contributed by atoms with E-state index in [0.29, 0.717) is 30.2 Å². The number of pyridine rings is 1. The maximum Gasteiger partial charge on any atom is 0.397 e. The van der Waals surface area contributed by atoms with Crippen LogP contribution in [0, 0.1) is 5.41 Å². The normalized spacial score (nSPS) is 20.6. The van der Waals surface area contributed by atoms with Gasteiger partial charge in [-0.1, -0.05) is 12.8 Å². The van der Waals surface area contributed by atoms with Crippen LogP contribution in [0.3, 0.4) is 0 Å². The average Bonchev–Trinajstić information content (AvgIpc) is 3.14. The fourth-order valence-electron chi connectivity index (χ4n) is 3.55. The molecule has 2 aromatic heterocycles.